The first-order valence-corrected chi connectivity index (χ1v) is 6.16. The Morgan fingerprint density at radius 3 is 2.39 bits per heavy atom. The van der Waals surface area contributed by atoms with Gasteiger partial charge in [0, 0.05) is 10.6 Å². The smallest absolute Gasteiger partial charge is 0.124 e. The van der Waals surface area contributed by atoms with E-state index in [2.05, 4.69) is 0 Å². The number of ether oxygens (including phenoxy) is 1. The van der Waals surface area contributed by atoms with Crippen LogP contribution in [0.25, 0.3) is 0 Å². The molecule has 1 nitrogen and oxygen atoms in total. The van der Waals surface area contributed by atoms with Crippen LogP contribution in [0.2, 0.25) is 5.02 Å². The molecule has 0 spiro atoms. The fourth-order valence-electron chi connectivity index (χ4n) is 1.71. The third-order valence-corrected chi connectivity index (χ3v) is 3.37. The minimum atomic E-state index is -0.479. The third-order valence-electron chi connectivity index (χ3n) is 2.63. The maximum absolute atomic E-state index is 13.3. The lowest BCUT2D eigenvalue weighted by molar-refractivity contribution is 0.409. The van der Waals surface area contributed by atoms with E-state index in [9.17, 15) is 4.39 Å². The van der Waals surface area contributed by atoms with Gasteiger partial charge in [-0.15, -0.1) is 11.6 Å². The van der Waals surface area contributed by atoms with Crippen LogP contribution in [0.1, 0.15) is 16.5 Å². The molecule has 0 fully saturated rings. The van der Waals surface area contributed by atoms with Gasteiger partial charge in [-0.1, -0.05) is 23.7 Å². The lowest BCUT2D eigenvalue weighted by atomic mass is 10.0. The highest BCUT2D eigenvalue weighted by Crippen LogP contribution is 2.35. The van der Waals surface area contributed by atoms with Crippen molar-refractivity contribution in [1.29, 1.82) is 0 Å². The molecule has 0 aliphatic carbocycles. The van der Waals surface area contributed by atoms with Crippen LogP contribution in [-0.2, 0) is 0 Å². The number of hydrogen-bond acceptors (Lipinski definition) is 1. The first kappa shape index (κ1) is 13.2. The zero-order valence-electron chi connectivity index (χ0n) is 9.66. The summed E-state index contributed by atoms with van der Waals surface area (Å²) in [4.78, 5) is 0. The van der Waals surface area contributed by atoms with Crippen molar-refractivity contribution < 1.29 is 9.13 Å². The first-order valence-electron chi connectivity index (χ1n) is 5.35. The number of rotatable bonds is 3. The molecule has 0 N–H and O–H groups in total. The second-order valence-corrected chi connectivity index (χ2v) is 4.67. The summed E-state index contributed by atoms with van der Waals surface area (Å²) < 4.78 is 18.5. The van der Waals surface area contributed by atoms with E-state index in [1.54, 1.807) is 18.2 Å². The Hall–Kier alpha value is -1.25. The molecule has 0 radical (unpaired) electrons. The number of benzene rings is 2. The van der Waals surface area contributed by atoms with Crippen molar-refractivity contribution in [3.05, 3.63) is 64.4 Å². The van der Waals surface area contributed by atoms with Crippen molar-refractivity contribution in [2.24, 2.45) is 0 Å². The van der Waals surface area contributed by atoms with Crippen LogP contribution in [0.4, 0.5) is 4.39 Å². The van der Waals surface area contributed by atoms with E-state index in [1.807, 2.05) is 12.1 Å². The zero-order valence-corrected chi connectivity index (χ0v) is 11.2. The van der Waals surface area contributed by atoms with Crippen LogP contribution in [0.3, 0.4) is 0 Å². The molecule has 94 valence electrons. The maximum Gasteiger partial charge on any atom is 0.124 e. The largest absolute Gasteiger partial charge is 0.496 e. The van der Waals surface area contributed by atoms with Gasteiger partial charge in [0.15, 0.2) is 0 Å². The van der Waals surface area contributed by atoms with Crippen LogP contribution >= 0.6 is 23.2 Å². The summed E-state index contributed by atoms with van der Waals surface area (Å²) >= 11 is 12.2. The molecule has 1 unspecified atom stereocenters. The minimum Gasteiger partial charge on any atom is -0.496 e. The van der Waals surface area contributed by atoms with Gasteiger partial charge >= 0.3 is 0 Å². The van der Waals surface area contributed by atoms with Gasteiger partial charge in [-0.3, -0.25) is 0 Å². The normalized spacial score (nSPS) is 12.2. The Labute approximate surface area is 115 Å². The van der Waals surface area contributed by atoms with Crippen LogP contribution in [0.5, 0.6) is 5.75 Å². The summed E-state index contributed by atoms with van der Waals surface area (Å²) in [6.07, 6.45) is 0. The third kappa shape index (κ3) is 2.77. The molecular formula is C14H11Cl2FO. The van der Waals surface area contributed by atoms with Crippen LogP contribution in [-0.4, -0.2) is 7.11 Å². The lowest BCUT2D eigenvalue weighted by Crippen LogP contribution is -1.98. The highest BCUT2D eigenvalue weighted by atomic mass is 35.5. The highest BCUT2D eigenvalue weighted by Gasteiger charge is 2.16. The van der Waals surface area contributed by atoms with E-state index in [4.69, 9.17) is 27.9 Å². The highest BCUT2D eigenvalue weighted by molar-refractivity contribution is 6.30. The van der Waals surface area contributed by atoms with E-state index >= 15 is 0 Å². The van der Waals surface area contributed by atoms with Gasteiger partial charge in [-0.25, -0.2) is 4.39 Å². The Kier molecular flexibility index (Phi) is 4.10. The van der Waals surface area contributed by atoms with E-state index in [-0.39, 0.29) is 5.82 Å². The van der Waals surface area contributed by atoms with Crippen molar-refractivity contribution in [2.75, 3.05) is 7.11 Å². The molecule has 2 rings (SSSR count). The molecule has 0 saturated heterocycles. The number of alkyl halides is 1. The van der Waals surface area contributed by atoms with Gasteiger partial charge in [0.2, 0.25) is 0 Å². The zero-order chi connectivity index (χ0) is 13.1. The summed E-state index contributed by atoms with van der Waals surface area (Å²) in [6, 6.07) is 11.4. The molecule has 0 aliphatic rings. The second-order valence-electron chi connectivity index (χ2n) is 3.80. The molecule has 0 saturated carbocycles. The van der Waals surface area contributed by atoms with Gasteiger partial charge in [-0.2, -0.15) is 0 Å². The summed E-state index contributed by atoms with van der Waals surface area (Å²) in [5, 5.41) is 0.154. The monoisotopic (exact) mass is 284 g/mol. The average molecular weight is 285 g/mol. The van der Waals surface area contributed by atoms with Gasteiger partial charge in [-0.05, 0) is 35.9 Å². The van der Waals surface area contributed by atoms with Crippen molar-refractivity contribution in [1.82, 2.24) is 0 Å². The Balaban J connectivity index is 2.41. The topological polar surface area (TPSA) is 9.23 Å². The average Bonchev–Trinajstić information content (AvgIpc) is 2.39. The molecule has 2 aromatic rings. The molecule has 0 bridgehead atoms. The second kappa shape index (κ2) is 5.59. The molecule has 1 atom stereocenters. The van der Waals surface area contributed by atoms with Gasteiger partial charge in [0.1, 0.15) is 11.6 Å². The van der Waals surface area contributed by atoms with E-state index < -0.39 is 5.38 Å². The minimum absolute atomic E-state index is 0.342. The predicted octanol–water partition coefficient (Wildman–Crippen LogP) is 4.82. The van der Waals surface area contributed by atoms with E-state index in [0.717, 1.165) is 5.56 Å². The Morgan fingerprint density at radius 1 is 1.11 bits per heavy atom. The molecule has 0 aliphatic heterocycles. The Bertz CT molecular complexity index is 540. The molecule has 0 heterocycles. The first-order chi connectivity index (χ1) is 8.61. The van der Waals surface area contributed by atoms with Crippen molar-refractivity contribution >= 4 is 23.2 Å². The fourth-order valence-corrected chi connectivity index (χ4v) is 2.16. The molecule has 18 heavy (non-hydrogen) atoms. The van der Waals surface area contributed by atoms with Crippen molar-refractivity contribution in [3.63, 3.8) is 0 Å². The molecule has 4 heteroatoms. The SMILES string of the molecule is COc1ccc(F)cc1C(Cl)c1ccc(Cl)cc1. The number of methoxy groups -OCH3 is 1. The van der Waals surface area contributed by atoms with E-state index in [0.29, 0.717) is 16.3 Å². The summed E-state index contributed by atoms with van der Waals surface area (Å²) in [5.41, 5.74) is 1.44. The summed E-state index contributed by atoms with van der Waals surface area (Å²) in [6.45, 7) is 0. The van der Waals surface area contributed by atoms with E-state index in [1.165, 1.54) is 19.2 Å². The predicted molar refractivity (Wildman–Crippen MR) is 72.1 cm³/mol. The molecule has 0 amide bonds. The number of halogens is 3. The van der Waals surface area contributed by atoms with Gasteiger partial charge in [0.05, 0.1) is 12.5 Å². The van der Waals surface area contributed by atoms with Crippen molar-refractivity contribution in [2.45, 2.75) is 5.38 Å². The standard InChI is InChI=1S/C14H11Cl2FO/c1-18-13-7-6-11(17)8-12(13)14(16)9-2-4-10(15)5-3-9/h2-8,14H,1H3. The maximum atomic E-state index is 13.3. The molecule has 2 aromatic carbocycles. The van der Waals surface area contributed by atoms with Crippen LogP contribution < -0.4 is 4.74 Å². The fraction of sp³-hybridized carbons (Fsp3) is 0.143. The molecule has 0 aromatic heterocycles. The van der Waals surface area contributed by atoms with Gasteiger partial charge < -0.3 is 4.74 Å². The van der Waals surface area contributed by atoms with Crippen molar-refractivity contribution in [3.8, 4) is 5.75 Å². The van der Waals surface area contributed by atoms with Crippen LogP contribution in [0.15, 0.2) is 42.5 Å². The molecular weight excluding hydrogens is 274 g/mol. The Morgan fingerprint density at radius 2 is 1.78 bits per heavy atom. The number of hydrogen-bond donors (Lipinski definition) is 0. The van der Waals surface area contributed by atoms with Gasteiger partial charge in [0.25, 0.3) is 0 Å². The quantitative estimate of drug-likeness (QED) is 0.735. The van der Waals surface area contributed by atoms with Crippen LogP contribution in [0, 0.1) is 5.82 Å². The summed E-state index contributed by atoms with van der Waals surface area (Å²) in [7, 11) is 1.53. The summed E-state index contributed by atoms with van der Waals surface area (Å²) in [5.74, 6) is 0.219. The lowest BCUT2D eigenvalue weighted by Gasteiger charge is -2.14.